The highest BCUT2D eigenvalue weighted by Gasteiger charge is 2.32. The average molecular weight is 221 g/mol. The van der Waals surface area contributed by atoms with Gasteiger partial charge in [0, 0.05) is 18.2 Å². The molecule has 0 aliphatic heterocycles. The van der Waals surface area contributed by atoms with Crippen LogP contribution in [0.1, 0.15) is 31.5 Å². The minimum absolute atomic E-state index is 0.0683. The third-order valence-electron chi connectivity index (χ3n) is 3.42. The van der Waals surface area contributed by atoms with Crippen molar-refractivity contribution in [2.45, 2.75) is 32.6 Å². The molecule has 1 heterocycles. The van der Waals surface area contributed by atoms with Crippen LogP contribution in [-0.2, 0) is 0 Å². The topological polar surface area (TPSA) is 58.0 Å². The first-order valence-electron chi connectivity index (χ1n) is 5.89. The van der Waals surface area contributed by atoms with E-state index in [1.54, 1.807) is 6.20 Å². The number of aliphatic hydroxyl groups is 1. The summed E-state index contributed by atoms with van der Waals surface area (Å²) in [7, 11) is 0. The zero-order valence-electron chi connectivity index (χ0n) is 9.74. The number of nitrogens with zero attached hydrogens (tertiary/aromatic N) is 2. The summed E-state index contributed by atoms with van der Waals surface area (Å²) < 4.78 is 0. The minimum atomic E-state index is 0.0683. The fourth-order valence-corrected chi connectivity index (χ4v) is 2.35. The van der Waals surface area contributed by atoms with Crippen molar-refractivity contribution in [3.63, 3.8) is 0 Å². The van der Waals surface area contributed by atoms with Crippen LogP contribution in [0.15, 0.2) is 12.3 Å². The quantitative estimate of drug-likeness (QED) is 0.813. The summed E-state index contributed by atoms with van der Waals surface area (Å²) in [5.41, 5.74) is 0.0683. The molecule has 0 aromatic carbocycles. The molecular weight excluding hydrogens is 202 g/mol. The standard InChI is InChI=1S/C12H19N3O/c1-10-13-7-4-11(15-10)14-8-12(9-16)5-2-3-6-12/h4,7,16H,2-3,5-6,8-9H2,1H3,(H,13,14,15). The van der Waals surface area contributed by atoms with Crippen molar-refractivity contribution in [1.29, 1.82) is 0 Å². The van der Waals surface area contributed by atoms with Gasteiger partial charge in [-0.15, -0.1) is 0 Å². The van der Waals surface area contributed by atoms with Crippen molar-refractivity contribution >= 4 is 5.82 Å². The molecule has 1 aromatic heterocycles. The number of aliphatic hydroxyl groups excluding tert-OH is 1. The van der Waals surface area contributed by atoms with Crippen LogP contribution in [0.2, 0.25) is 0 Å². The molecule has 0 radical (unpaired) electrons. The summed E-state index contributed by atoms with van der Waals surface area (Å²) in [5.74, 6) is 1.63. The molecule has 1 aromatic rings. The molecule has 0 atom stereocenters. The van der Waals surface area contributed by atoms with Crippen LogP contribution in [0, 0.1) is 12.3 Å². The lowest BCUT2D eigenvalue weighted by Gasteiger charge is -2.26. The van der Waals surface area contributed by atoms with Gasteiger partial charge < -0.3 is 10.4 Å². The molecule has 4 nitrogen and oxygen atoms in total. The maximum Gasteiger partial charge on any atom is 0.129 e. The number of aryl methyl sites for hydroxylation is 1. The van der Waals surface area contributed by atoms with Crippen LogP contribution in [0.5, 0.6) is 0 Å². The van der Waals surface area contributed by atoms with E-state index in [0.29, 0.717) is 0 Å². The SMILES string of the molecule is Cc1nccc(NCC2(CO)CCCC2)n1. The van der Waals surface area contributed by atoms with Crippen molar-refractivity contribution in [2.75, 3.05) is 18.5 Å². The number of rotatable bonds is 4. The van der Waals surface area contributed by atoms with E-state index in [0.717, 1.165) is 31.0 Å². The van der Waals surface area contributed by atoms with E-state index in [-0.39, 0.29) is 12.0 Å². The third kappa shape index (κ3) is 2.50. The van der Waals surface area contributed by atoms with Crippen molar-refractivity contribution in [1.82, 2.24) is 9.97 Å². The summed E-state index contributed by atoms with van der Waals surface area (Å²) in [6, 6.07) is 1.87. The Labute approximate surface area is 96.1 Å². The van der Waals surface area contributed by atoms with Crippen LogP contribution in [0.25, 0.3) is 0 Å². The number of hydrogen-bond acceptors (Lipinski definition) is 4. The highest BCUT2D eigenvalue weighted by atomic mass is 16.3. The molecule has 16 heavy (non-hydrogen) atoms. The normalized spacial score (nSPS) is 18.6. The summed E-state index contributed by atoms with van der Waals surface area (Å²) in [4.78, 5) is 8.35. The zero-order valence-corrected chi connectivity index (χ0v) is 9.74. The number of aromatic nitrogens is 2. The largest absolute Gasteiger partial charge is 0.396 e. The molecule has 1 fully saturated rings. The maximum absolute atomic E-state index is 9.48. The Morgan fingerprint density at radius 2 is 2.19 bits per heavy atom. The molecule has 0 bridgehead atoms. The summed E-state index contributed by atoms with van der Waals surface area (Å²) >= 11 is 0. The van der Waals surface area contributed by atoms with E-state index < -0.39 is 0 Å². The van der Waals surface area contributed by atoms with Gasteiger partial charge in [-0.3, -0.25) is 0 Å². The molecule has 2 rings (SSSR count). The van der Waals surface area contributed by atoms with E-state index in [1.807, 2.05) is 13.0 Å². The number of nitrogens with one attached hydrogen (secondary N) is 1. The van der Waals surface area contributed by atoms with Crippen LogP contribution in [0.4, 0.5) is 5.82 Å². The van der Waals surface area contributed by atoms with Crippen molar-refractivity contribution in [3.05, 3.63) is 18.1 Å². The molecular formula is C12H19N3O. The molecule has 0 spiro atoms. The third-order valence-corrected chi connectivity index (χ3v) is 3.42. The molecule has 0 saturated heterocycles. The van der Waals surface area contributed by atoms with Crippen LogP contribution in [0.3, 0.4) is 0 Å². The summed E-state index contributed by atoms with van der Waals surface area (Å²) in [5, 5.41) is 12.8. The molecule has 88 valence electrons. The van der Waals surface area contributed by atoms with Gasteiger partial charge in [0.2, 0.25) is 0 Å². The lowest BCUT2D eigenvalue weighted by atomic mass is 9.87. The van der Waals surface area contributed by atoms with Gasteiger partial charge >= 0.3 is 0 Å². The first-order valence-corrected chi connectivity index (χ1v) is 5.89. The molecule has 0 unspecified atom stereocenters. The Hall–Kier alpha value is -1.16. The lowest BCUT2D eigenvalue weighted by molar-refractivity contribution is 0.142. The average Bonchev–Trinajstić information content (AvgIpc) is 2.76. The van der Waals surface area contributed by atoms with Gasteiger partial charge in [-0.2, -0.15) is 0 Å². The number of hydrogen-bond donors (Lipinski definition) is 2. The predicted molar refractivity (Wildman–Crippen MR) is 63.2 cm³/mol. The Bertz CT molecular complexity index is 348. The molecule has 1 aliphatic carbocycles. The van der Waals surface area contributed by atoms with Gasteiger partial charge in [-0.05, 0) is 25.8 Å². The second kappa shape index (κ2) is 4.78. The summed E-state index contributed by atoms with van der Waals surface area (Å²) in [6.45, 7) is 2.95. The second-order valence-electron chi connectivity index (χ2n) is 4.71. The smallest absolute Gasteiger partial charge is 0.129 e. The van der Waals surface area contributed by atoms with E-state index in [1.165, 1.54) is 12.8 Å². The van der Waals surface area contributed by atoms with E-state index >= 15 is 0 Å². The van der Waals surface area contributed by atoms with Crippen molar-refractivity contribution < 1.29 is 5.11 Å². The van der Waals surface area contributed by atoms with Gasteiger partial charge in [-0.1, -0.05) is 12.8 Å². The molecule has 0 amide bonds. The van der Waals surface area contributed by atoms with Crippen LogP contribution >= 0.6 is 0 Å². The van der Waals surface area contributed by atoms with E-state index in [4.69, 9.17) is 0 Å². The van der Waals surface area contributed by atoms with Crippen LogP contribution < -0.4 is 5.32 Å². The Morgan fingerprint density at radius 3 is 2.81 bits per heavy atom. The molecule has 4 heteroatoms. The summed E-state index contributed by atoms with van der Waals surface area (Å²) in [6.07, 6.45) is 6.43. The lowest BCUT2D eigenvalue weighted by Crippen LogP contribution is -2.30. The monoisotopic (exact) mass is 221 g/mol. The number of anilines is 1. The fourth-order valence-electron chi connectivity index (χ4n) is 2.35. The predicted octanol–water partition coefficient (Wildman–Crippen LogP) is 1.75. The Morgan fingerprint density at radius 1 is 1.44 bits per heavy atom. The van der Waals surface area contributed by atoms with Crippen LogP contribution in [-0.4, -0.2) is 28.2 Å². The van der Waals surface area contributed by atoms with E-state index in [2.05, 4.69) is 15.3 Å². The van der Waals surface area contributed by atoms with Crippen molar-refractivity contribution in [2.24, 2.45) is 5.41 Å². The first-order chi connectivity index (χ1) is 7.74. The minimum Gasteiger partial charge on any atom is -0.396 e. The second-order valence-corrected chi connectivity index (χ2v) is 4.71. The molecule has 2 N–H and O–H groups in total. The fraction of sp³-hybridized carbons (Fsp3) is 0.667. The van der Waals surface area contributed by atoms with Crippen molar-refractivity contribution in [3.8, 4) is 0 Å². The van der Waals surface area contributed by atoms with Gasteiger partial charge in [0.1, 0.15) is 11.6 Å². The molecule has 1 aliphatic rings. The first kappa shape index (κ1) is 11.3. The van der Waals surface area contributed by atoms with Gasteiger partial charge in [0.25, 0.3) is 0 Å². The molecule has 1 saturated carbocycles. The zero-order chi connectivity index (χ0) is 11.4. The highest BCUT2D eigenvalue weighted by Crippen LogP contribution is 2.37. The highest BCUT2D eigenvalue weighted by molar-refractivity contribution is 5.33. The Kier molecular flexibility index (Phi) is 3.39. The maximum atomic E-state index is 9.48. The van der Waals surface area contributed by atoms with Gasteiger partial charge in [0.15, 0.2) is 0 Å². The van der Waals surface area contributed by atoms with Gasteiger partial charge in [0.05, 0.1) is 6.61 Å². The van der Waals surface area contributed by atoms with E-state index in [9.17, 15) is 5.11 Å². The van der Waals surface area contributed by atoms with Gasteiger partial charge in [-0.25, -0.2) is 9.97 Å². The Balaban J connectivity index is 1.95.